The smallest absolute Gasteiger partial charge is 0.310 e. The average molecular weight is 539 g/mol. The largest absolute Gasteiger partial charge is 0.506 e. The summed E-state index contributed by atoms with van der Waals surface area (Å²) < 4.78 is 28.7. The van der Waals surface area contributed by atoms with E-state index in [2.05, 4.69) is 4.85 Å². The van der Waals surface area contributed by atoms with Crippen LogP contribution in [0.2, 0.25) is 5.02 Å². The van der Waals surface area contributed by atoms with Crippen molar-refractivity contribution in [3.8, 4) is 23.3 Å². The number of nitrogens with zero attached hydrogens (tertiary/aromatic N) is 2. The number of hydrogen-bond donors (Lipinski definition) is 1. The maximum Gasteiger partial charge on any atom is 0.310 e. The quantitative estimate of drug-likeness (QED) is 0.265. The highest BCUT2D eigenvalue weighted by Gasteiger charge is 2.11. The van der Waals surface area contributed by atoms with Gasteiger partial charge in [-0.15, -0.1) is 0 Å². The molecule has 0 spiro atoms. The topological polar surface area (TPSA) is 110 Å². The van der Waals surface area contributed by atoms with Crippen molar-refractivity contribution in [1.82, 2.24) is 0 Å². The molecule has 0 aliphatic rings. The van der Waals surface area contributed by atoms with Crippen molar-refractivity contribution in [3.63, 3.8) is 0 Å². The van der Waals surface area contributed by atoms with Crippen LogP contribution in [0, 0.1) is 23.7 Å². The van der Waals surface area contributed by atoms with Crippen LogP contribution >= 0.6 is 11.6 Å². The zero-order valence-corrected chi connectivity index (χ0v) is 21.4. The number of carbonyl (C=O) groups excluding carboxylic acids is 2. The highest BCUT2D eigenvalue weighted by molar-refractivity contribution is 6.32. The minimum Gasteiger partial charge on any atom is -0.506 e. The number of esters is 2. The van der Waals surface area contributed by atoms with E-state index in [-0.39, 0.29) is 58.9 Å². The van der Waals surface area contributed by atoms with E-state index in [1.807, 2.05) is 6.07 Å². The fourth-order valence-electron chi connectivity index (χ4n) is 3.08. The van der Waals surface area contributed by atoms with Crippen molar-refractivity contribution in [3.05, 3.63) is 93.5 Å². The minimum absolute atomic E-state index is 0.0199. The zero-order valence-electron chi connectivity index (χ0n) is 20.7. The number of phenols is 1. The molecular formula is C28H24ClFN2O6. The van der Waals surface area contributed by atoms with Gasteiger partial charge in [-0.05, 0) is 55.3 Å². The summed E-state index contributed by atoms with van der Waals surface area (Å²) in [7, 11) is 0. The molecule has 0 radical (unpaired) electrons. The molecule has 0 amide bonds. The molecule has 0 saturated carbocycles. The molecular weight excluding hydrogens is 515 g/mol. The highest BCUT2D eigenvalue weighted by Crippen LogP contribution is 2.33. The molecule has 0 heterocycles. The van der Waals surface area contributed by atoms with E-state index in [4.69, 9.17) is 37.6 Å². The summed E-state index contributed by atoms with van der Waals surface area (Å²) >= 11 is 5.61. The van der Waals surface area contributed by atoms with Gasteiger partial charge in [-0.1, -0.05) is 29.8 Å². The predicted octanol–water partition coefficient (Wildman–Crippen LogP) is 6.30. The van der Waals surface area contributed by atoms with Gasteiger partial charge in [0.25, 0.3) is 0 Å². The van der Waals surface area contributed by atoms with E-state index < -0.39 is 11.8 Å². The third-order valence-corrected chi connectivity index (χ3v) is 5.01. The van der Waals surface area contributed by atoms with Crippen LogP contribution in [0.1, 0.15) is 30.5 Å². The standard InChI is InChI=1S/C18H13FN2O3.C10H11ClO3/c1-3-23-18(22)9-12-4-5-16(21-2)17(8-12)24-15-7-13(11-20)6-14(19)10-15;1-2-14-10(13)6-7-3-4-8(11)9(12)5-7/h4-8,10H,3,9H2,1H3;3-5,12H,2,6H2,1H3. The van der Waals surface area contributed by atoms with Crippen LogP contribution in [-0.2, 0) is 31.9 Å². The van der Waals surface area contributed by atoms with E-state index >= 15 is 0 Å². The summed E-state index contributed by atoms with van der Waals surface area (Å²) in [4.78, 5) is 26.0. The van der Waals surface area contributed by atoms with Crippen molar-refractivity contribution < 1.29 is 33.3 Å². The molecule has 0 saturated heterocycles. The van der Waals surface area contributed by atoms with E-state index in [9.17, 15) is 19.1 Å². The van der Waals surface area contributed by atoms with E-state index in [0.717, 1.165) is 12.1 Å². The molecule has 196 valence electrons. The molecule has 0 aliphatic carbocycles. The Morgan fingerprint density at radius 3 is 2.16 bits per heavy atom. The van der Waals surface area contributed by atoms with Gasteiger partial charge < -0.3 is 19.3 Å². The van der Waals surface area contributed by atoms with Gasteiger partial charge in [-0.2, -0.15) is 5.26 Å². The number of ether oxygens (including phenoxy) is 3. The Morgan fingerprint density at radius 1 is 1.00 bits per heavy atom. The first-order chi connectivity index (χ1) is 18.2. The van der Waals surface area contributed by atoms with Gasteiger partial charge in [0, 0.05) is 6.07 Å². The second-order valence-corrected chi connectivity index (χ2v) is 7.96. The van der Waals surface area contributed by atoms with Crippen LogP contribution in [-0.4, -0.2) is 30.3 Å². The van der Waals surface area contributed by atoms with Crippen molar-refractivity contribution >= 4 is 29.2 Å². The minimum atomic E-state index is -0.615. The maximum atomic E-state index is 13.5. The molecule has 0 aromatic heterocycles. The molecule has 0 bridgehead atoms. The van der Waals surface area contributed by atoms with Crippen molar-refractivity contribution in [2.24, 2.45) is 0 Å². The molecule has 0 atom stereocenters. The SMILES string of the molecule is CCOC(=O)Cc1ccc(Cl)c(O)c1.[C-]#[N+]c1ccc(CC(=O)OCC)cc1Oc1cc(F)cc(C#N)c1. The Morgan fingerprint density at radius 2 is 1.61 bits per heavy atom. The Kier molecular flexibility index (Phi) is 11.6. The fraction of sp³-hybridized carbons (Fsp3) is 0.214. The summed E-state index contributed by atoms with van der Waals surface area (Å²) in [5.41, 5.74) is 1.61. The fourth-order valence-corrected chi connectivity index (χ4v) is 3.20. The van der Waals surface area contributed by atoms with Gasteiger partial charge in [0.1, 0.15) is 23.1 Å². The van der Waals surface area contributed by atoms with Gasteiger partial charge in [-0.3, -0.25) is 9.59 Å². The average Bonchev–Trinajstić information content (AvgIpc) is 2.87. The number of aromatic hydroxyl groups is 1. The molecule has 3 rings (SSSR count). The number of nitriles is 1. The van der Waals surface area contributed by atoms with Crippen LogP contribution in [0.3, 0.4) is 0 Å². The van der Waals surface area contributed by atoms with Crippen molar-refractivity contribution in [1.29, 1.82) is 5.26 Å². The number of rotatable bonds is 8. The first-order valence-electron chi connectivity index (χ1n) is 11.4. The Balaban J connectivity index is 0.000000308. The third kappa shape index (κ3) is 9.45. The summed E-state index contributed by atoms with van der Waals surface area (Å²) in [6.07, 6.45) is 0.188. The molecule has 38 heavy (non-hydrogen) atoms. The van der Waals surface area contributed by atoms with E-state index in [1.54, 1.807) is 32.0 Å². The molecule has 3 aromatic rings. The summed E-state index contributed by atoms with van der Waals surface area (Å²) in [6.45, 7) is 11.3. The predicted molar refractivity (Wildman–Crippen MR) is 138 cm³/mol. The van der Waals surface area contributed by atoms with Crippen molar-refractivity contribution in [2.45, 2.75) is 26.7 Å². The van der Waals surface area contributed by atoms with Crippen molar-refractivity contribution in [2.75, 3.05) is 13.2 Å². The van der Waals surface area contributed by atoms with E-state index in [0.29, 0.717) is 17.7 Å². The third-order valence-electron chi connectivity index (χ3n) is 4.69. The first-order valence-corrected chi connectivity index (χ1v) is 11.7. The second-order valence-electron chi connectivity index (χ2n) is 7.55. The molecule has 0 unspecified atom stereocenters. The van der Waals surface area contributed by atoms with Crippen LogP contribution in [0.25, 0.3) is 4.85 Å². The molecule has 3 aromatic carbocycles. The maximum absolute atomic E-state index is 13.5. The summed E-state index contributed by atoms with van der Waals surface area (Å²) in [6, 6.07) is 14.8. The normalized spacial score (nSPS) is 9.74. The molecule has 1 N–H and O–H groups in total. The van der Waals surface area contributed by atoms with Crippen LogP contribution in [0.5, 0.6) is 17.2 Å². The molecule has 10 heteroatoms. The Labute approximate surface area is 224 Å². The number of benzene rings is 3. The van der Waals surface area contributed by atoms with Crippen LogP contribution in [0.15, 0.2) is 54.6 Å². The lowest BCUT2D eigenvalue weighted by atomic mass is 10.1. The Bertz CT molecular complexity index is 1380. The molecule has 0 aliphatic heterocycles. The lowest BCUT2D eigenvalue weighted by Crippen LogP contribution is -2.07. The summed E-state index contributed by atoms with van der Waals surface area (Å²) in [5.74, 6) is -1.05. The number of carbonyl (C=O) groups is 2. The van der Waals surface area contributed by atoms with Gasteiger partial charge in [0.05, 0.1) is 49.3 Å². The zero-order chi connectivity index (χ0) is 28.1. The van der Waals surface area contributed by atoms with Gasteiger partial charge >= 0.3 is 11.9 Å². The second kappa shape index (κ2) is 14.8. The first kappa shape index (κ1) is 29.6. The van der Waals surface area contributed by atoms with Crippen LogP contribution < -0.4 is 4.74 Å². The molecule has 0 fully saturated rings. The van der Waals surface area contributed by atoms with Gasteiger partial charge in [0.15, 0.2) is 0 Å². The molecule has 8 nitrogen and oxygen atoms in total. The van der Waals surface area contributed by atoms with E-state index in [1.165, 1.54) is 24.3 Å². The van der Waals surface area contributed by atoms with Gasteiger partial charge in [0.2, 0.25) is 5.69 Å². The number of phenolic OH excluding ortho intramolecular Hbond substituents is 1. The number of hydrogen-bond acceptors (Lipinski definition) is 7. The Hall–Kier alpha value is -4.60. The highest BCUT2D eigenvalue weighted by atomic mass is 35.5. The monoisotopic (exact) mass is 538 g/mol. The summed E-state index contributed by atoms with van der Waals surface area (Å²) in [5, 5.41) is 18.4. The lowest BCUT2D eigenvalue weighted by Gasteiger charge is -2.10. The number of halogens is 2. The van der Waals surface area contributed by atoms with Gasteiger partial charge in [-0.25, -0.2) is 9.24 Å². The lowest BCUT2D eigenvalue weighted by molar-refractivity contribution is -0.143. The van der Waals surface area contributed by atoms with Crippen LogP contribution in [0.4, 0.5) is 10.1 Å².